The molecule has 1 N–H and O–H groups in total. The molecule has 1 unspecified atom stereocenters. The smallest absolute Gasteiger partial charge is 0.387 e. The molecule has 1 aromatic rings. The molecular formula is C12H13F6NO. The largest absolute Gasteiger partial charge is 0.435 e. The highest BCUT2D eigenvalue weighted by Crippen LogP contribution is 2.24. The highest BCUT2D eigenvalue weighted by atomic mass is 19.3. The first-order valence-electron chi connectivity index (χ1n) is 5.66. The van der Waals surface area contributed by atoms with E-state index in [9.17, 15) is 26.3 Å². The zero-order valence-corrected chi connectivity index (χ0v) is 10.4. The molecule has 0 radical (unpaired) electrons. The van der Waals surface area contributed by atoms with Crippen molar-refractivity contribution >= 4 is 0 Å². The van der Waals surface area contributed by atoms with Crippen molar-refractivity contribution in [1.82, 2.24) is 5.32 Å². The summed E-state index contributed by atoms with van der Waals surface area (Å²) in [7, 11) is 0. The van der Waals surface area contributed by atoms with Crippen LogP contribution in [0.15, 0.2) is 24.3 Å². The Labute approximate surface area is 111 Å². The van der Waals surface area contributed by atoms with Gasteiger partial charge in [-0.05, 0) is 24.6 Å². The third-order valence-electron chi connectivity index (χ3n) is 2.55. The molecular weight excluding hydrogens is 288 g/mol. The number of rotatable bonds is 7. The van der Waals surface area contributed by atoms with Gasteiger partial charge >= 0.3 is 19.0 Å². The summed E-state index contributed by atoms with van der Waals surface area (Å²) in [4.78, 5) is 0. The second-order valence-corrected chi connectivity index (χ2v) is 4.12. The fourth-order valence-electron chi connectivity index (χ4n) is 1.44. The maximum atomic E-state index is 12.7. The summed E-state index contributed by atoms with van der Waals surface area (Å²) in [5.74, 6) is -4.28. The van der Waals surface area contributed by atoms with E-state index in [1.165, 1.54) is 31.2 Å². The SMILES string of the molecule is CC(NCC(F)(F)C(F)F)c1cccc(OC(F)F)c1. The molecule has 114 valence electrons. The Balaban J connectivity index is 2.66. The van der Waals surface area contributed by atoms with Crippen LogP contribution < -0.4 is 10.1 Å². The molecule has 1 aromatic carbocycles. The first-order chi connectivity index (χ1) is 9.22. The minimum atomic E-state index is -4.15. The van der Waals surface area contributed by atoms with Crippen LogP contribution in [0.1, 0.15) is 18.5 Å². The van der Waals surface area contributed by atoms with E-state index in [0.29, 0.717) is 5.56 Å². The molecule has 0 amide bonds. The second-order valence-electron chi connectivity index (χ2n) is 4.12. The maximum absolute atomic E-state index is 12.7. The van der Waals surface area contributed by atoms with Crippen molar-refractivity contribution in [2.24, 2.45) is 0 Å². The number of hydrogen-bond acceptors (Lipinski definition) is 2. The topological polar surface area (TPSA) is 21.3 Å². The minimum Gasteiger partial charge on any atom is -0.435 e. The molecule has 0 saturated heterocycles. The van der Waals surface area contributed by atoms with Crippen LogP contribution >= 0.6 is 0 Å². The van der Waals surface area contributed by atoms with Gasteiger partial charge in [-0.2, -0.15) is 17.6 Å². The van der Waals surface area contributed by atoms with Gasteiger partial charge in [-0.15, -0.1) is 0 Å². The fourth-order valence-corrected chi connectivity index (χ4v) is 1.44. The van der Waals surface area contributed by atoms with Gasteiger partial charge in [0.25, 0.3) is 0 Å². The van der Waals surface area contributed by atoms with Gasteiger partial charge in [0, 0.05) is 6.04 Å². The van der Waals surface area contributed by atoms with E-state index in [0.717, 1.165) is 0 Å². The molecule has 0 heterocycles. The average molecular weight is 301 g/mol. The van der Waals surface area contributed by atoms with Gasteiger partial charge in [-0.3, -0.25) is 0 Å². The lowest BCUT2D eigenvalue weighted by molar-refractivity contribution is -0.126. The molecule has 0 fully saturated rings. The number of hydrogen-bond donors (Lipinski definition) is 1. The number of halogens is 6. The summed E-state index contributed by atoms with van der Waals surface area (Å²) in [5.41, 5.74) is 0.369. The molecule has 1 atom stereocenters. The fraction of sp³-hybridized carbons (Fsp3) is 0.500. The van der Waals surface area contributed by atoms with Crippen LogP contribution in [0.4, 0.5) is 26.3 Å². The highest BCUT2D eigenvalue weighted by molar-refractivity contribution is 5.30. The van der Waals surface area contributed by atoms with Crippen molar-refractivity contribution in [2.45, 2.75) is 31.9 Å². The summed E-state index contributed by atoms with van der Waals surface area (Å²) < 4.78 is 77.6. The van der Waals surface area contributed by atoms with E-state index in [2.05, 4.69) is 10.1 Å². The summed E-state index contributed by atoms with van der Waals surface area (Å²) >= 11 is 0. The van der Waals surface area contributed by atoms with E-state index < -0.39 is 31.5 Å². The molecule has 0 saturated carbocycles. The molecule has 1 rings (SSSR count). The van der Waals surface area contributed by atoms with Crippen molar-refractivity contribution in [3.63, 3.8) is 0 Å². The zero-order valence-electron chi connectivity index (χ0n) is 10.4. The van der Waals surface area contributed by atoms with Gasteiger partial charge in [-0.25, -0.2) is 8.78 Å². The summed E-state index contributed by atoms with van der Waals surface area (Å²) in [5, 5.41) is 2.23. The van der Waals surface area contributed by atoms with E-state index in [-0.39, 0.29) is 5.75 Å². The van der Waals surface area contributed by atoms with Crippen LogP contribution in [-0.4, -0.2) is 25.5 Å². The van der Waals surface area contributed by atoms with Gasteiger partial charge in [-0.1, -0.05) is 12.1 Å². The Morgan fingerprint density at radius 1 is 1.20 bits per heavy atom. The molecule has 0 aliphatic rings. The van der Waals surface area contributed by atoms with E-state index in [1.54, 1.807) is 0 Å². The third-order valence-corrected chi connectivity index (χ3v) is 2.55. The van der Waals surface area contributed by atoms with Crippen molar-refractivity contribution < 1.29 is 31.1 Å². The van der Waals surface area contributed by atoms with Crippen LogP contribution in [0.2, 0.25) is 0 Å². The van der Waals surface area contributed by atoms with Crippen molar-refractivity contribution in [2.75, 3.05) is 6.54 Å². The Bertz CT molecular complexity index is 426. The molecule has 0 aliphatic heterocycles. The molecule has 20 heavy (non-hydrogen) atoms. The van der Waals surface area contributed by atoms with Crippen LogP contribution in [0.25, 0.3) is 0 Å². The second kappa shape index (κ2) is 6.83. The minimum absolute atomic E-state index is 0.133. The van der Waals surface area contributed by atoms with Gasteiger partial charge in [0.15, 0.2) is 0 Å². The normalized spacial score (nSPS) is 13.8. The van der Waals surface area contributed by atoms with Crippen LogP contribution in [0, 0.1) is 0 Å². The summed E-state index contributed by atoms with van der Waals surface area (Å²) in [6, 6.07) is 4.66. The van der Waals surface area contributed by atoms with Gasteiger partial charge in [0.2, 0.25) is 0 Å². The predicted octanol–water partition coefficient (Wildman–Crippen LogP) is 3.84. The lowest BCUT2D eigenvalue weighted by atomic mass is 10.1. The Kier molecular flexibility index (Phi) is 5.67. The lowest BCUT2D eigenvalue weighted by Gasteiger charge is -2.20. The maximum Gasteiger partial charge on any atom is 0.387 e. The van der Waals surface area contributed by atoms with Crippen LogP contribution in [0.3, 0.4) is 0 Å². The zero-order chi connectivity index (χ0) is 15.3. The molecule has 0 spiro atoms. The highest BCUT2D eigenvalue weighted by Gasteiger charge is 2.40. The molecule has 0 bridgehead atoms. The first kappa shape index (κ1) is 16.6. The van der Waals surface area contributed by atoms with Gasteiger partial charge < -0.3 is 10.1 Å². The molecule has 0 aliphatic carbocycles. The Morgan fingerprint density at radius 3 is 2.40 bits per heavy atom. The number of benzene rings is 1. The van der Waals surface area contributed by atoms with E-state index in [1.807, 2.05) is 0 Å². The lowest BCUT2D eigenvalue weighted by Crippen LogP contribution is -2.39. The van der Waals surface area contributed by atoms with Gasteiger partial charge in [0.1, 0.15) is 5.75 Å². The Morgan fingerprint density at radius 2 is 1.85 bits per heavy atom. The van der Waals surface area contributed by atoms with Crippen LogP contribution in [0.5, 0.6) is 5.75 Å². The third kappa shape index (κ3) is 4.92. The number of alkyl halides is 6. The average Bonchev–Trinajstić information content (AvgIpc) is 2.35. The van der Waals surface area contributed by atoms with Crippen molar-refractivity contribution in [3.8, 4) is 5.75 Å². The number of nitrogens with one attached hydrogen (secondary N) is 1. The summed E-state index contributed by atoms with van der Waals surface area (Å²) in [6.45, 7) is -2.77. The van der Waals surface area contributed by atoms with E-state index >= 15 is 0 Å². The first-order valence-corrected chi connectivity index (χ1v) is 5.66. The van der Waals surface area contributed by atoms with Crippen LogP contribution in [-0.2, 0) is 0 Å². The van der Waals surface area contributed by atoms with Gasteiger partial charge in [0.05, 0.1) is 6.54 Å². The predicted molar refractivity (Wildman–Crippen MR) is 60.4 cm³/mol. The quantitative estimate of drug-likeness (QED) is 0.773. The monoisotopic (exact) mass is 301 g/mol. The van der Waals surface area contributed by atoms with Crippen molar-refractivity contribution in [1.29, 1.82) is 0 Å². The van der Waals surface area contributed by atoms with E-state index in [4.69, 9.17) is 0 Å². The molecule has 2 nitrogen and oxygen atoms in total. The summed E-state index contributed by atoms with van der Waals surface area (Å²) in [6.07, 6.45) is -3.77. The molecule has 0 aromatic heterocycles. The Hall–Kier alpha value is -1.44. The number of ether oxygens (including phenoxy) is 1. The standard InChI is InChI=1S/C12H13F6NO/c1-7(19-6-12(17,18)10(13)14)8-3-2-4-9(5-8)20-11(15)16/h2-5,7,10-11,19H,6H2,1H3. The molecule has 8 heteroatoms. The van der Waals surface area contributed by atoms with Crippen molar-refractivity contribution in [3.05, 3.63) is 29.8 Å².